The van der Waals surface area contributed by atoms with Crippen LogP contribution in [0, 0.1) is 6.92 Å². The van der Waals surface area contributed by atoms with Crippen LogP contribution in [-0.4, -0.2) is 24.6 Å². The second-order valence-electron chi connectivity index (χ2n) is 6.22. The van der Waals surface area contributed by atoms with E-state index in [1.165, 1.54) is 17.4 Å². The van der Waals surface area contributed by atoms with E-state index in [0.29, 0.717) is 28.3 Å². The number of aromatic nitrogens is 1. The lowest BCUT2D eigenvalue weighted by Gasteiger charge is -2.12. The van der Waals surface area contributed by atoms with Crippen LogP contribution < -0.4 is 14.8 Å². The number of aryl methyl sites for hydroxylation is 1. The van der Waals surface area contributed by atoms with Gasteiger partial charge in [-0.3, -0.25) is 10.1 Å². The van der Waals surface area contributed by atoms with Gasteiger partial charge in [0.05, 0.1) is 23.9 Å². The summed E-state index contributed by atoms with van der Waals surface area (Å²) in [5.74, 6) is 0.958. The highest BCUT2D eigenvalue weighted by molar-refractivity contribution is 9.10. The van der Waals surface area contributed by atoms with Crippen molar-refractivity contribution in [2.45, 2.75) is 13.8 Å². The van der Waals surface area contributed by atoms with E-state index in [9.17, 15) is 4.79 Å². The monoisotopic (exact) mass is 506 g/mol. The van der Waals surface area contributed by atoms with Gasteiger partial charge < -0.3 is 9.47 Å². The summed E-state index contributed by atoms with van der Waals surface area (Å²) in [6.07, 6.45) is 3.17. The molecule has 5 nitrogen and oxygen atoms in total. The summed E-state index contributed by atoms with van der Waals surface area (Å²) in [5.41, 5.74) is 2.58. The Morgan fingerprint density at radius 1 is 1.30 bits per heavy atom. The molecule has 0 spiro atoms. The number of nitrogens with one attached hydrogen (secondary N) is 1. The standard InChI is InChI=1S/C22H20BrClN2O3S/c1-4-29-21-17(23)11-14(12-18(21)28-3)5-10-19(27)25-22-26-20(13(2)30-22)15-6-8-16(24)9-7-15/h5-12H,4H2,1-3H3,(H,25,26,27)/b10-5+. The lowest BCUT2D eigenvalue weighted by Crippen LogP contribution is -2.07. The van der Waals surface area contributed by atoms with Gasteiger partial charge >= 0.3 is 0 Å². The molecule has 8 heteroatoms. The minimum atomic E-state index is -0.268. The van der Waals surface area contributed by atoms with Crippen LogP contribution in [0.15, 0.2) is 46.9 Å². The maximum atomic E-state index is 12.4. The van der Waals surface area contributed by atoms with Crippen LogP contribution in [0.4, 0.5) is 5.13 Å². The van der Waals surface area contributed by atoms with Crippen LogP contribution in [0.2, 0.25) is 5.02 Å². The van der Waals surface area contributed by atoms with Crippen LogP contribution in [0.1, 0.15) is 17.4 Å². The summed E-state index contributed by atoms with van der Waals surface area (Å²) in [6.45, 7) is 4.40. The molecule has 0 unspecified atom stereocenters. The van der Waals surface area contributed by atoms with Gasteiger partial charge in [-0.2, -0.15) is 0 Å². The Hall–Kier alpha value is -2.35. The van der Waals surface area contributed by atoms with Crippen molar-refractivity contribution in [1.82, 2.24) is 4.98 Å². The molecule has 0 saturated heterocycles. The Bertz CT molecular complexity index is 1080. The molecule has 1 N–H and O–H groups in total. The molecule has 3 aromatic rings. The fourth-order valence-corrected chi connectivity index (χ4v) is 4.30. The van der Waals surface area contributed by atoms with E-state index >= 15 is 0 Å². The van der Waals surface area contributed by atoms with Gasteiger partial charge in [0, 0.05) is 21.5 Å². The molecular formula is C22H20BrClN2O3S. The zero-order chi connectivity index (χ0) is 21.7. The third kappa shape index (κ3) is 5.41. The molecule has 0 aliphatic rings. The summed E-state index contributed by atoms with van der Waals surface area (Å²) in [6, 6.07) is 11.1. The highest BCUT2D eigenvalue weighted by Crippen LogP contribution is 2.37. The van der Waals surface area contributed by atoms with Crippen molar-refractivity contribution in [3.63, 3.8) is 0 Å². The number of hydrogen-bond acceptors (Lipinski definition) is 5. The minimum Gasteiger partial charge on any atom is -0.493 e. The van der Waals surface area contributed by atoms with E-state index in [0.717, 1.165) is 26.2 Å². The Balaban J connectivity index is 1.73. The second kappa shape index (κ2) is 10.1. The molecule has 0 bridgehead atoms. The van der Waals surface area contributed by atoms with Gasteiger partial charge in [0.1, 0.15) is 0 Å². The molecule has 0 fully saturated rings. The Kier molecular flexibility index (Phi) is 7.53. The summed E-state index contributed by atoms with van der Waals surface area (Å²) < 4.78 is 11.7. The lowest BCUT2D eigenvalue weighted by molar-refractivity contribution is -0.111. The molecule has 0 aliphatic carbocycles. The first-order chi connectivity index (χ1) is 14.4. The number of amides is 1. The molecule has 0 saturated carbocycles. The third-order valence-corrected chi connectivity index (χ3v) is 5.84. The van der Waals surface area contributed by atoms with E-state index in [4.69, 9.17) is 21.1 Å². The molecule has 30 heavy (non-hydrogen) atoms. The molecule has 1 amide bonds. The fraction of sp³-hybridized carbons (Fsp3) is 0.182. The highest BCUT2D eigenvalue weighted by atomic mass is 79.9. The number of benzene rings is 2. The van der Waals surface area contributed by atoms with Crippen molar-refractivity contribution in [3.05, 3.63) is 62.4 Å². The molecule has 0 atom stereocenters. The first-order valence-electron chi connectivity index (χ1n) is 9.14. The molecule has 1 aromatic heterocycles. The largest absolute Gasteiger partial charge is 0.493 e. The van der Waals surface area contributed by atoms with Crippen molar-refractivity contribution in [2.75, 3.05) is 19.0 Å². The minimum absolute atomic E-state index is 0.268. The summed E-state index contributed by atoms with van der Waals surface area (Å²) in [4.78, 5) is 17.9. The number of thiazole rings is 1. The SMILES string of the molecule is CCOc1c(Br)cc(/C=C/C(=O)Nc2nc(-c3ccc(Cl)cc3)c(C)s2)cc1OC. The van der Waals surface area contributed by atoms with Crippen LogP contribution in [0.3, 0.4) is 0 Å². The maximum absolute atomic E-state index is 12.4. The third-order valence-electron chi connectivity index (χ3n) is 4.11. The number of carbonyl (C=O) groups is 1. The Morgan fingerprint density at radius 3 is 2.70 bits per heavy atom. The predicted octanol–water partition coefficient (Wildman–Crippen LogP) is 6.59. The van der Waals surface area contributed by atoms with Crippen molar-refractivity contribution in [2.24, 2.45) is 0 Å². The summed E-state index contributed by atoms with van der Waals surface area (Å²) in [5, 5.41) is 4.03. The average molecular weight is 508 g/mol. The molecule has 1 heterocycles. The van der Waals surface area contributed by atoms with Crippen molar-refractivity contribution in [3.8, 4) is 22.8 Å². The Labute approximate surface area is 192 Å². The number of nitrogens with zero attached hydrogens (tertiary/aromatic N) is 1. The van der Waals surface area contributed by atoms with E-state index in [1.54, 1.807) is 13.2 Å². The highest BCUT2D eigenvalue weighted by Gasteiger charge is 2.12. The van der Waals surface area contributed by atoms with Gasteiger partial charge in [-0.05, 0) is 65.7 Å². The molecule has 3 rings (SSSR count). The van der Waals surface area contributed by atoms with Crippen LogP contribution in [0.25, 0.3) is 17.3 Å². The topological polar surface area (TPSA) is 60.5 Å². The van der Waals surface area contributed by atoms with Crippen LogP contribution in [-0.2, 0) is 4.79 Å². The summed E-state index contributed by atoms with van der Waals surface area (Å²) in [7, 11) is 1.58. The van der Waals surface area contributed by atoms with E-state index in [2.05, 4.69) is 26.2 Å². The first kappa shape index (κ1) is 22.3. The number of carbonyl (C=O) groups excluding carboxylic acids is 1. The average Bonchev–Trinajstić information content (AvgIpc) is 3.08. The van der Waals surface area contributed by atoms with E-state index in [-0.39, 0.29) is 5.91 Å². The van der Waals surface area contributed by atoms with Crippen molar-refractivity contribution in [1.29, 1.82) is 0 Å². The predicted molar refractivity (Wildman–Crippen MR) is 127 cm³/mol. The normalized spacial score (nSPS) is 11.0. The van der Waals surface area contributed by atoms with Crippen molar-refractivity contribution < 1.29 is 14.3 Å². The molecule has 156 valence electrons. The van der Waals surface area contributed by atoms with E-state index < -0.39 is 0 Å². The maximum Gasteiger partial charge on any atom is 0.250 e. The lowest BCUT2D eigenvalue weighted by atomic mass is 10.1. The number of anilines is 1. The Morgan fingerprint density at radius 2 is 2.03 bits per heavy atom. The van der Waals surface area contributed by atoms with Crippen LogP contribution in [0.5, 0.6) is 11.5 Å². The molecule has 0 aliphatic heterocycles. The number of halogens is 2. The number of ether oxygens (including phenoxy) is 2. The number of rotatable bonds is 7. The molecule has 2 aromatic carbocycles. The zero-order valence-electron chi connectivity index (χ0n) is 16.7. The van der Waals surface area contributed by atoms with E-state index in [1.807, 2.05) is 50.2 Å². The van der Waals surface area contributed by atoms with Crippen molar-refractivity contribution >= 4 is 56.0 Å². The smallest absolute Gasteiger partial charge is 0.250 e. The zero-order valence-corrected chi connectivity index (χ0v) is 19.8. The molecular weight excluding hydrogens is 488 g/mol. The van der Waals surface area contributed by atoms with Gasteiger partial charge in [0.2, 0.25) is 5.91 Å². The van der Waals surface area contributed by atoms with Gasteiger partial charge in [0.25, 0.3) is 0 Å². The molecule has 0 radical (unpaired) electrons. The number of methoxy groups -OCH3 is 1. The summed E-state index contributed by atoms with van der Waals surface area (Å²) >= 11 is 10.9. The second-order valence-corrected chi connectivity index (χ2v) is 8.71. The first-order valence-corrected chi connectivity index (χ1v) is 11.1. The van der Waals surface area contributed by atoms with Gasteiger partial charge in [-0.1, -0.05) is 23.7 Å². The number of hydrogen-bond donors (Lipinski definition) is 1. The quantitative estimate of drug-likeness (QED) is 0.366. The fourth-order valence-electron chi connectivity index (χ4n) is 2.76. The van der Waals surface area contributed by atoms with Gasteiger partial charge in [0.15, 0.2) is 16.6 Å². The van der Waals surface area contributed by atoms with Gasteiger partial charge in [-0.25, -0.2) is 4.98 Å². The van der Waals surface area contributed by atoms with Gasteiger partial charge in [-0.15, -0.1) is 11.3 Å². The van der Waals surface area contributed by atoms with Crippen LogP contribution >= 0.6 is 38.9 Å².